The van der Waals surface area contributed by atoms with Crippen molar-refractivity contribution < 1.29 is 37.3 Å². The van der Waals surface area contributed by atoms with Crippen LogP contribution in [-0.4, -0.2) is 74.3 Å². The van der Waals surface area contributed by atoms with Gasteiger partial charge in [-0.25, -0.2) is 4.57 Å². The molecule has 0 rings (SSSR count). The van der Waals surface area contributed by atoms with E-state index in [-0.39, 0.29) is 31.5 Å². The number of amides is 1. The lowest BCUT2D eigenvalue weighted by Crippen LogP contribution is -2.47. The first kappa shape index (κ1) is 79.7. The number of phosphoric acid groups is 1. The fraction of sp³-hybridized carbons (Fsp3) is 0.726. The minimum absolute atomic E-state index is 0.0311. The number of quaternary nitrogens is 1. The van der Waals surface area contributed by atoms with E-state index in [0.29, 0.717) is 23.9 Å². The van der Waals surface area contributed by atoms with Gasteiger partial charge in [0.2, 0.25) is 5.91 Å². The van der Waals surface area contributed by atoms with E-state index in [1.807, 2.05) is 33.3 Å². The Morgan fingerprint density at radius 3 is 1.18 bits per heavy atom. The van der Waals surface area contributed by atoms with Gasteiger partial charge in [-0.3, -0.25) is 18.6 Å². The molecule has 2 N–H and O–H groups in total. The summed E-state index contributed by atoms with van der Waals surface area (Å²) in [6, 6.07) is -0.867. The first-order valence-corrected chi connectivity index (χ1v) is 35.7. The Labute approximate surface area is 512 Å². The third kappa shape index (κ3) is 63.0. The predicted molar refractivity (Wildman–Crippen MR) is 360 cm³/mol. The van der Waals surface area contributed by atoms with Crippen LogP contribution in [-0.2, 0) is 27.9 Å². The molecule has 0 aliphatic carbocycles. The van der Waals surface area contributed by atoms with Crippen molar-refractivity contribution in [2.75, 3.05) is 40.9 Å². The van der Waals surface area contributed by atoms with Crippen molar-refractivity contribution in [2.45, 2.75) is 303 Å². The summed E-state index contributed by atoms with van der Waals surface area (Å²) >= 11 is 0. The maximum atomic E-state index is 13.6. The second kappa shape index (κ2) is 61.7. The molecule has 478 valence electrons. The van der Waals surface area contributed by atoms with Gasteiger partial charge in [0, 0.05) is 12.8 Å². The molecule has 1 amide bonds. The number of allylic oxidation sites excluding steroid dienone is 17. The van der Waals surface area contributed by atoms with Crippen LogP contribution in [0.25, 0.3) is 0 Å². The van der Waals surface area contributed by atoms with Crippen molar-refractivity contribution >= 4 is 19.7 Å². The zero-order chi connectivity index (χ0) is 60.7. The van der Waals surface area contributed by atoms with Gasteiger partial charge in [0.25, 0.3) is 0 Å². The molecule has 0 bridgehead atoms. The van der Waals surface area contributed by atoms with Crippen molar-refractivity contribution in [1.82, 2.24) is 5.32 Å². The Hall–Kier alpha value is -3.33. The van der Waals surface area contributed by atoms with Crippen LogP contribution in [0.5, 0.6) is 0 Å². The third-order valence-corrected chi connectivity index (χ3v) is 15.7. The number of carbonyl (C=O) groups is 2. The average Bonchev–Trinajstić information content (AvgIpc) is 3.47. The van der Waals surface area contributed by atoms with Gasteiger partial charge < -0.3 is 19.4 Å². The van der Waals surface area contributed by atoms with Gasteiger partial charge in [0.15, 0.2) is 0 Å². The van der Waals surface area contributed by atoms with Crippen LogP contribution in [0.4, 0.5) is 0 Å². The quantitative estimate of drug-likeness (QED) is 0.0205. The number of likely N-dealkylation sites (N-methyl/N-ethyl adjacent to an activating group) is 1. The summed E-state index contributed by atoms with van der Waals surface area (Å²) in [5, 5.41) is 3.06. The van der Waals surface area contributed by atoms with Gasteiger partial charge in [0.1, 0.15) is 19.3 Å². The Balaban J connectivity index is 5.22. The summed E-state index contributed by atoms with van der Waals surface area (Å²) < 4.78 is 30.8. The molecule has 3 unspecified atom stereocenters. The van der Waals surface area contributed by atoms with E-state index < -0.39 is 20.0 Å². The molecule has 10 heteroatoms. The van der Waals surface area contributed by atoms with Crippen LogP contribution in [0.1, 0.15) is 290 Å². The Morgan fingerprint density at radius 1 is 0.434 bits per heavy atom. The molecule has 0 spiro atoms. The van der Waals surface area contributed by atoms with Crippen molar-refractivity contribution in [1.29, 1.82) is 0 Å². The van der Waals surface area contributed by atoms with Crippen LogP contribution >= 0.6 is 7.82 Å². The molecule has 0 aromatic carbocycles. The number of ether oxygens (including phenoxy) is 1. The standard InChI is InChI=1S/C73H129N2O7P/c1-7-10-13-16-19-22-25-28-30-32-34-36-37-39-40-42-44-47-50-53-56-59-62-65-72(76)74-70(69-81-83(78,79)80-68-67-75(4,5)6)71(64-61-58-55-52-49-46-27-24-21-18-15-12-9-3)82-73(77)66-63-60-57-54-51-48-45-43-41-38-35-33-31-29-26-23-20-17-14-11-8-2/h11,14,19-20,22-23,28-31,34-36,38,43,45,61,64,70-71H,7-10,12-13,15-18,21,24-27,32-33,37,39-42,44,46-60,62-63,65-69H2,1-6H3,(H-,74,76,78,79)/p+1/b14-11-,22-19-,23-20-,30-28-,31-29-,36-34-,38-35-,45-43-,64-61+. The zero-order valence-electron chi connectivity index (χ0n) is 54.7. The third-order valence-electron chi connectivity index (χ3n) is 14.7. The Kier molecular flexibility index (Phi) is 59.3. The molecule has 0 aliphatic rings. The molecule has 3 atom stereocenters. The molecule has 0 saturated heterocycles. The molecule has 0 radical (unpaired) electrons. The SMILES string of the molecule is CC/C=C\C/C=C\C/C=C\C/C=C\C/C=C\CCCCCCCC(=O)OC(/C=C/CCCCCCCCCCCCC)C(COP(=O)(O)OCC[N+](C)(C)C)NC(=O)CCCCCCCCCCCC/C=C\C/C=C\C/C=C\CCCCC. The van der Waals surface area contributed by atoms with Gasteiger partial charge in [-0.05, 0) is 115 Å². The summed E-state index contributed by atoms with van der Waals surface area (Å²) in [6.07, 6.45) is 85.1. The van der Waals surface area contributed by atoms with Gasteiger partial charge in [0.05, 0.1) is 33.8 Å². The van der Waals surface area contributed by atoms with Crippen LogP contribution < -0.4 is 5.32 Å². The van der Waals surface area contributed by atoms with E-state index in [9.17, 15) is 19.0 Å². The monoisotopic (exact) mass is 1180 g/mol. The molecule has 0 aromatic rings. The molecule has 83 heavy (non-hydrogen) atoms. The first-order valence-electron chi connectivity index (χ1n) is 34.2. The molecular formula is C73H130N2O7P+. The molecule has 0 heterocycles. The highest BCUT2D eigenvalue weighted by molar-refractivity contribution is 7.47. The minimum Gasteiger partial charge on any atom is -0.456 e. The number of rotatable bonds is 61. The van der Waals surface area contributed by atoms with Crippen LogP contribution in [0.2, 0.25) is 0 Å². The molecule has 9 nitrogen and oxygen atoms in total. The fourth-order valence-corrected chi connectivity index (χ4v) is 10.2. The van der Waals surface area contributed by atoms with Crippen molar-refractivity contribution in [2.24, 2.45) is 0 Å². The minimum atomic E-state index is -4.47. The van der Waals surface area contributed by atoms with Crippen molar-refractivity contribution in [3.8, 4) is 0 Å². The lowest BCUT2D eigenvalue weighted by atomic mass is 10.0. The smallest absolute Gasteiger partial charge is 0.456 e. The Morgan fingerprint density at radius 2 is 0.771 bits per heavy atom. The lowest BCUT2D eigenvalue weighted by Gasteiger charge is -2.27. The van der Waals surface area contributed by atoms with E-state index in [1.54, 1.807) is 0 Å². The summed E-state index contributed by atoms with van der Waals surface area (Å²) in [5.74, 6) is -0.532. The van der Waals surface area contributed by atoms with E-state index in [0.717, 1.165) is 128 Å². The summed E-state index contributed by atoms with van der Waals surface area (Å²) in [4.78, 5) is 37.9. The van der Waals surface area contributed by atoms with Gasteiger partial charge in [-0.2, -0.15) is 0 Å². The van der Waals surface area contributed by atoms with Gasteiger partial charge in [-0.15, -0.1) is 0 Å². The first-order chi connectivity index (χ1) is 40.4. The summed E-state index contributed by atoms with van der Waals surface area (Å²) in [6.45, 7) is 6.87. The van der Waals surface area contributed by atoms with Crippen LogP contribution in [0, 0.1) is 0 Å². The highest BCUT2D eigenvalue weighted by atomic mass is 31.2. The van der Waals surface area contributed by atoms with Crippen LogP contribution in [0.15, 0.2) is 109 Å². The highest BCUT2D eigenvalue weighted by Gasteiger charge is 2.30. The normalized spacial score (nSPS) is 14.3. The number of hydrogen-bond donors (Lipinski definition) is 2. The summed E-state index contributed by atoms with van der Waals surface area (Å²) in [7, 11) is 1.47. The fourth-order valence-electron chi connectivity index (χ4n) is 9.44. The van der Waals surface area contributed by atoms with E-state index in [1.165, 1.54) is 122 Å². The molecule has 0 saturated carbocycles. The maximum Gasteiger partial charge on any atom is 0.472 e. The predicted octanol–water partition coefficient (Wildman–Crippen LogP) is 21.7. The van der Waals surface area contributed by atoms with Gasteiger partial charge in [-0.1, -0.05) is 272 Å². The van der Waals surface area contributed by atoms with Crippen LogP contribution in [0.3, 0.4) is 0 Å². The topological polar surface area (TPSA) is 111 Å². The molecular weight excluding hydrogens is 1050 g/mol. The van der Waals surface area contributed by atoms with E-state index >= 15 is 0 Å². The molecule has 0 fully saturated rings. The largest absolute Gasteiger partial charge is 0.472 e. The number of unbranched alkanes of at least 4 members (excludes halogenated alkanes) is 29. The highest BCUT2D eigenvalue weighted by Crippen LogP contribution is 2.43. The maximum absolute atomic E-state index is 13.6. The Bertz CT molecular complexity index is 1790. The zero-order valence-corrected chi connectivity index (χ0v) is 55.6. The lowest BCUT2D eigenvalue weighted by molar-refractivity contribution is -0.870. The second-order valence-electron chi connectivity index (χ2n) is 24.0. The second-order valence-corrected chi connectivity index (χ2v) is 25.4. The average molecular weight is 1180 g/mol. The number of nitrogens with zero attached hydrogens (tertiary/aromatic N) is 1. The number of nitrogens with one attached hydrogen (secondary N) is 1. The van der Waals surface area contributed by atoms with Crippen molar-refractivity contribution in [3.63, 3.8) is 0 Å². The van der Waals surface area contributed by atoms with Crippen molar-refractivity contribution in [3.05, 3.63) is 109 Å². The summed E-state index contributed by atoms with van der Waals surface area (Å²) in [5.41, 5.74) is 0. The van der Waals surface area contributed by atoms with Gasteiger partial charge >= 0.3 is 13.8 Å². The molecule has 0 aromatic heterocycles. The number of carbonyl (C=O) groups excluding carboxylic acids is 2. The number of esters is 1. The number of hydrogen-bond acceptors (Lipinski definition) is 6. The number of phosphoric ester groups is 1. The van der Waals surface area contributed by atoms with E-state index in [2.05, 4.69) is 123 Å². The van der Waals surface area contributed by atoms with E-state index in [4.69, 9.17) is 13.8 Å². The molecule has 0 aliphatic heterocycles.